The zero-order valence-corrected chi connectivity index (χ0v) is 19.3. The lowest BCUT2D eigenvalue weighted by Gasteiger charge is -2.15. The summed E-state index contributed by atoms with van der Waals surface area (Å²) in [5.41, 5.74) is 1.35. The Morgan fingerprint density at radius 1 is 1.06 bits per heavy atom. The lowest BCUT2D eigenvalue weighted by molar-refractivity contribution is -0.121. The predicted molar refractivity (Wildman–Crippen MR) is 125 cm³/mol. The maximum atomic E-state index is 12.9. The number of sulfonamides is 1. The molecule has 1 atom stereocenters. The molecule has 7 nitrogen and oxygen atoms in total. The van der Waals surface area contributed by atoms with Crippen LogP contribution in [0.15, 0.2) is 75.1 Å². The number of amides is 2. The van der Waals surface area contributed by atoms with E-state index in [2.05, 4.69) is 4.72 Å². The second kappa shape index (κ2) is 8.89. The first kappa shape index (κ1) is 22.3. The van der Waals surface area contributed by atoms with Crippen LogP contribution in [0.5, 0.6) is 0 Å². The summed E-state index contributed by atoms with van der Waals surface area (Å²) in [4.78, 5) is 38.6. The van der Waals surface area contributed by atoms with Crippen LogP contribution >= 0.6 is 23.1 Å². The van der Waals surface area contributed by atoms with Crippen molar-refractivity contribution in [3.05, 3.63) is 71.6 Å². The first-order chi connectivity index (χ1) is 15.2. The number of thiophene rings is 1. The van der Waals surface area contributed by atoms with E-state index in [1.54, 1.807) is 60.0 Å². The molecule has 1 aromatic heterocycles. The molecule has 4 rings (SSSR count). The number of carbonyl (C=O) groups excluding carboxylic acids is 3. The highest BCUT2D eigenvalue weighted by Gasteiger charge is 2.40. The van der Waals surface area contributed by atoms with Crippen molar-refractivity contribution < 1.29 is 22.8 Å². The van der Waals surface area contributed by atoms with Crippen LogP contribution in [-0.2, 0) is 19.6 Å². The van der Waals surface area contributed by atoms with Gasteiger partial charge >= 0.3 is 0 Å². The van der Waals surface area contributed by atoms with Crippen LogP contribution in [0, 0.1) is 0 Å². The summed E-state index contributed by atoms with van der Waals surface area (Å²) in [5.74, 6) is -0.716. The van der Waals surface area contributed by atoms with Crippen molar-refractivity contribution in [3.8, 4) is 0 Å². The number of hydrogen-bond donors (Lipinski definition) is 1. The molecule has 1 saturated heterocycles. The molecular weight excluding hydrogens is 468 g/mol. The molecule has 10 heteroatoms. The minimum atomic E-state index is -3.63. The van der Waals surface area contributed by atoms with E-state index >= 15 is 0 Å². The van der Waals surface area contributed by atoms with Gasteiger partial charge in [-0.1, -0.05) is 6.07 Å². The van der Waals surface area contributed by atoms with E-state index in [-0.39, 0.29) is 28.2 Å². The average molecular weight is 487 g/mol. The summed E-state index contributed by atoms with van der Waals surface area (Å²) < 4.78 is 27.4. The molecular formula is C22H18N2O5S3. The minimum absolute atomic E-state index is 0.0602. The maximum Gasteiger partial charge on any atom is 0.271 e. The van der Waals surface area contributed by atoms with Crippen LogP contribution in [-0.4, -0.2) is 31.3 Å². The van der Waals surface area contributed by atoms with E-state index in [1.165, 1.54) is 24.8 Å². The normalized spacial score (nSPS) is 16.4. The summed E-state index contributed by atoms with van der Waals surface area (Å²) in [5, 5.41) is 1.11. The number of nitrogens with zero attached hydrogens (tertiary/aromatic N) is 1. The SMILES string of the molecule is CC(=O)c1ccc(N2C(=O)CC(Sc3ccc(NS(=O)(=O)c4cccs4)cc3)C2=O)cc1. The van der Waals surface area contributed by atoms with Gasteiger partial charge in [-0.2, -0.15) is 0 Å². The Balaban J connectivity index is 1.43. The van der Waals surface area contributed by atoms with E-state index in [1.807, 2.05) is 0 Å². The van der Waals surface area contributed by atoms with Crippen LogP contribution in [0.1, 0.15) is 23.7 Å². The molecule has 32 heavy (non-hydrogen) atoms. The molecule has 164 valence electrons. The van der Waals surface area contributed by atoms with Crippen LogP contribution in [0.25, 0.3) is 0 Å². The summed E-state index contributed by atoms with van der Waals surface area (Å²) in [7, 11) is -3.63. The second-order valence-electron chi connectivity index (χ2n) is 7.04. The number of thioether (sulfide) groups is 1. The third-order valence-electron chi connectivity index (χ3n) is 4.78. The Kier molecular flexibility index (Phi) is 6.18. The molecule has 3 aromatic rings. The fourth-order valence-electron chi connectivity index (χ4n) is 3.20. The van der Waals surface area contributed by atoms with Gasteiger partial charge in [-0.3, -0.25) is 19.1 Å². The third-order valence-corrected chi connectivity index (χ3v) is 8.76. The number of benzene rings is 2. The molecule has 2 heterocycles. The van der Waals surface area contributed by atoms with Crippen molar-refractivity contribution in [2.75, 3.05) is 9.62 Å². The maximum absolute atomic E-state index is 12.9. The summed E-state index contributed by atoms with van der Waals surface area (Å²) in [6.07, 6.45) is 0.0602. The van der Waals surface area contributed by atoms with Gasteiger partial charge in [-0.25, -0.2) is 13.3 Å². The Morgan fingerprint density at radius 3 is 2.34 bits per heavy atom. The molecule has 0 aliphatic carbocycles. The van der Waals surface area contributed by atoms with Gasteiger partial charge in [-0.15, -0.1) is 23.1 Å². The van der Waals surface area contributed by atoms with E-state index < -0.39 is 15.3 Å². The van der Waals surface area contributed by atoms with E-state index in [4.69, 9.17) is 0 Å². The topological polar surface area (TPSA) is 101 Å². The Labute approximate surface area is 193 Å². The highest BCUT2D eigenvalue weighted by molar-refractivity contribution is 8.00. The molecule has 0 saturated carbocycles. The lowest BCUT2D eigenvalue weighted by atomic mass is 10.1. The standard InChI is InChI=1S/C22H18N2O5S3/c1-14(25)15-4-8-17(9-5-15)24-20(26)13-19(22(24)27)31-18-10-6-16(7-11-18)23-32(28,29)21-3-2-12-30-21/h2-12,19,23H,13H2,1H3. The van der Waals surface area contributed by atoms with Crippen LogP contribution in [0.2, 0.25) is 0 Å². The van der Waals surface area contributed by atoms with Gasteiger partial charge in [0.2, 0.25) is 11.8 Å². The Hall–Kier alpha value is -2.95. The summed E-state index contributed by atoms with van der Waals surface area (Å²) in [6.45, 7) is 1.45. The summed E-state index contributed by atoms with van der Waals surface area (Å²) in [6, 6.07) is 16.2. The fourth-order valence-corrected chi connectivity index (χ4v) is 6.31. The van der Waals surface area contributed by atoms with Gasteiger partial charge in [0.05, 0.1) is 10.9 Å². The van der Waals surface area contributed by atoms with Gasteiger partial charge in [0.15, 0.2) is 5.78 Å². The Bertz CT molecular complexity index is 1270. The van der Waals surface area contributed by atoms with Gasteiger partial charge in [-0.05, 0) is 66.9 Å². The number of Topliss-reactive ketones (excluding diaryl/α,β-unsaturated/α-hetero) is 1. The molecule has 1 unspecified atom stereocenters. The highest BCUT2D eigenvalue weighted by Crippen LogP contribution is 2.34. The first-order valence-electron chi connectivity index (χ1n) is 9.55. The number of hydrogen-bond acceptors (Lipinski definition) is 7. The van der Waals surface area contributed by atoms with E-state index in [0.29, 0.717) is 16.9 Å². The van der Waals surface area contributed by atoms with Gasteiger partial charge in [0.25, 0.3) is 10.0 Å². The third kappa shape index (κ3) is 4.62. The lowest BCUT2D eigenvalue weighted by Crippen LogP contribution is -2.31. The second-order valence-corrected chi connectivity index (χ2v) is 11.2. The van der Waals surface area contributed by atoms with Crippen LogP contribution in [0.4, 0.5) is 11.4 Å². The molecule has 0 radical (unpaired) electrons. The summed E-state index contributed by atoms with van der Waals surface area (Å²) >= 11 is 2.38. The number of carbonyl (C=O) groups is 3. The van der Waals surface area contributed by atoms with Crippen molar-refractivity contribution in [1.82, 2.24) is 0 Å². The molecule has 1 N–H and O–H groups in total. The van der Waals surface area contributed by atoms with Gasteiger partial charge < -0.3 is 0 Å². The average Bonchev–Trinajstić information content (AvgIpc) is 3.39. The molecule has 0 bridgehead atoms. The minimum Gasteiger partial charge on any atom is -0.295 e. The number of nitrogens with one attached hydrogen (secondary N) is 1. The van der Waals surface area contributed by atoms with E-state index in [0.717, 1.165) is 21.1 Å². The van der Waals surface area contributed by atoms with Crippen LogP contribution in [0.3, 0.4) is 0 Å². The number of anilines is 2. The highest BCUT2D eigenvalue weighted by atomic mass is 32.2. The van der Waals surface area contributed by atoms with Crippen molar-refractivity contribution in [2.45, 2.75) is 27.7 Å². The van der Waals surface area contributed by atoms with Gasteiger partial charge in [0.1, 0.15) is 4.21 Å². The van der Waals surface area contributed by atoms with Crippen molar-refractivity contribution in [1.29, 1.82) is 0 Å². The first-order valence-corrected chi connectivity index (χ1v) is 12.8. The van der Waals surface area contributed by atoms with Gasteiger partial charge in [0, 0.05) is 22.6 Å². The van der Waals surface area contributed by atoms with Crippen molar-refractivity contribution in [3.63, 3.8) is 0 Å². The number of rotatable bonds is 7. The zero-order valence-electron chi connectivity index (χ0n) is 16.8. The smallest absolute Gasteiger partial charge is 0.271 e. The van der Waals surface area contributed by atoms with E-state index in [9.17, 15) is 22.8 Å². The van der Waals surface area contributed by atoms with Crippen molar-refractivity contribution in [2.24, 2.45) is 0 Å². The zero-order chi connectivity index (χ0) is 22.9. The molecule has 2 amide bonds. The monoisotopic (exact) mass is 486 g/mol. The fraction of sp³-hybridized carbons (Fsp3) is 0.136. The predicted octanol–water partition coefficient (Wildman–Crippen LogP) is 4.18. The van der Waals surface area contributed by atoms with Crippen LogP contribution < -0.4 is 9.62 Å². The van der Waals surface area contributed by atoms with Crippen molar-refractivity contribution >= 4 is 62.1 Å². The Morgan fingerprint density at radius 2 is 1.75 bits per heavy atom. The quantitative estimate of drug-likeness (QED) is 0.397. The number of ketones is 1. The molecule has 0 spiro atoms. The molecule has 1 aliphatic heterocycles. The number of imide groups is 1. The molecule has 1 aliphatic rings. The molecule has 1 fully saturated rings. The molecule has 2 aromatic carbocycles. The largest absolute Gasteiger partial charge is 0.295 e.